The van der Waals surface area contributed by atoms with E-state index in [-0.39, 0.29) is 18.7 Å². The predicted molar refractivity (Wildman–Crippen MR) is 119 cm³/mol. The molecule has 2 rings (SSSR count). The summed E-state index contributed by atoms with van der Waals surface area (Å²) in [5.74, 6) is -1.32. The van der Waals surface area contributed by atoms with Crippen molar-refractivity contribution in [3.63, 3.8) is 0 Å². The molecule has 0 saturated carbocycles. The highest BCUT2D eigenvalue weighted by molar-refractivity contribution is 6.16. The van der Waals surface area contributed by atoms with Crippen LogP contribution in [0.25, 0.3) is 0 Å². The molecule has 8 nitrogen and oxygen atoms in total. The van der Waals surface area contributed by atoms with Crippen molar-refractivity contribution in [2.24, 2.45) is 5.73 Å². The van der Waals surface area contributed by atoms with Crippen LogP contribution >= 0.6 is 0 Å². The Bertz CT molecular complexity index is 953. The third-order valence-corrected chi connectivity index (χ3v) is 4.62. The predicted octanol–water partition coefficient (Wildman–Crippen LogP) is 4.02. The number of Topliss-reactive ketones (excluding diaryl/α,β-unsaturated/α-hetero) is 1. The molecule has 166 valence electrons. The van der Waals surface area contributed by atoms with Crippen LogP contribution in [0.4, 0.5) is 11.4 Å². The van der Waals surface area contributed by atoms with Gasteiger partial charge in [0, 0.05) is 18.2 Å². The number of ether oxygens (including phenoxy) is 1. The molecule has 0 radical (unpaired) electrons. The maximum atomic E-state index is 13.1. The number of aryl methyl sites for hydroxylation is 1. The number of nitrogens with one attached hydrogen (secondary N) is 1. The fraction of sp³-hybridized carbons (Fsp3) is 0.391. The van der Waals surface area contributed by atoms with Crippen molar-refractivity contribution in [2.75, 3.05) is 11.9 Å². The first kappa shape index (κ1) is 24.0. The van der Waals surface area contributed by atoms with E-state index in [1.54, 1.807) is 63.2 Å². The molecule has 0 fully saturated rings. The van der Waals surface area contributed by atoms with Crippen LogP contribution in [0.2, 0.25) is 0 Å². The lowest BCUT2D eigenvalue weighted by Crippen LogP contribution is -2.57. The molecule has 0 aromatic heterocycles. The van der Waals surface area contributed by atoms with Gasteiger partial charge in [0.15, 0.2) is 11.3 Å². The summed E-state index contributed by atoms with van der Waals surface area (Å²) in [7, 11) is 0. The first-order valence-electron chi connectivity index (χ1n) is 10.0. The van der Waals surface area contributed by atoms with Gasteiger partial charge in [0.1, 0.15) is 11.3 Å². The molecule has 2 aromatic rings. The van der Waals surface area contributed by atoms with Gasteiger partial charge in [0.2, 0.25) is 0 Å². The zero-order valence-electron chi connectivity index (χ0n) is 18.3. The number of nitro benzene ring substituents is 1. The van der Waals surface area contributed by atoms with Crippen LogP contribution in [-0.4, -0.2) is 34.4 Å². The number of nitrogens with zero attached hydrogens (tertiary/aromatic N) is 1. The van der Waals surface area contributed by atoms with Gasteiger partial charge in [0.05, 0.1) is 4.92 Å². The third-order valence-electron chi connectivity index (χ3n) is 4.62. The van der Waals surface area contributed by atoms with Crippen LogP contribution < -0.4 is 11.1 Å². The van der Waals surface area contributed by atoms with E-state index in [0.29, 0.717) is 17.7 Å². The Balaban J connectivity index is 2.17. The summed E-state index contributed by atoms with van der Waals surface area (Å²) in [6, 6.07) is 13.1. The van der Waals surface area contributed by atoms with Crippen LogP contribution in [-0.2, 0) is 9.53 Å². The van der Waals surface area contributed by atoms with Gasteiger partial charge in [-0.15, -0.1) is 0 Å². The fourth-order valence-corrected chi connectivity index (χ4v) is 3.07. The van der Waals surface area contributed by atoms with Gasteiger partial charge in [-0.25, -0.2) is 4.79 Å². The van der Waals surface area contributed by atoms with E-state index in [9.17, 15) is 19.7 Å². The summed E-state index contributed by atoms with van der Waals surface area (Å²) in [6.07, 6.45) is 0.335. The molecule has 0 amide bonds. The number of benzene rings is 2. The largest absolute Gasteiger partial charge is 0.458 e. The van der Waals surface area contributed by atoms with Gasteiger partial charge in [-0.3, -0.25) is 14.9 Å². The topological polar surface area (TPSA) is 125 Å². The van der Waals surface area contributed by atoms with Crippen LogP contribution in [0.3, 0.4) is 0 Å². The quantitative estimate of drug-likeness (QED) is 0.155. The van der Waals surface area contributed by atoms with E-state index in [2.05, 4.69) is 5.32 Å². The maximum Gasteiger partial charge on any atom is 0.334 e. The molecule has 8 heteroatoms. The van der Waals surface area contributed by atoms with Gasteiger partial charge in [-0.2, -0.15) is 0 Å². The van der Waals surface area contributed by atoms with Crippen LogP contribution in [0.5, 0.6) is 0 Å². The van der Waals surface area contributed by atoms with Gasteiger partial charge in [0.25, 0.3) is 5.69 Å². The highest BCUT2D eigenvalue weighted by Gasteiger charge is 2.44. The minimum absolute atomic E-state index is 0.0161. The normalized spacial score (nSPS) is 13.2. The molecule has 0 bridgehead atoms. The second-order valence-electron chi connectivity index (χ2n) is 8.48. The molecule has 31 heavy (non-hydrogen) atoms. The van der Waals surface area contributed by atoms with E-state index in [1.165, 1.54) is 6.07 Å². The minimum atomic E-state index is -1.87. The van der Waals surface area contributed by atoms with Crippen LogP contribution in [0, 0.1) is 17.0 Å². The zero-order valence-corrected chi connectivity index (χ0v) is 18.3. The first-order chi connectivity index (χ1) is 14.4. The van der Waals surface area contributed by atoms with Crippen molar-refractivity contribution in [1.82, 2.24) is 0 Å². The standard InChI is InChI=1S/C23H29N3O5/c1-16-11-12-19(26(29)30)18(15-16)25-14-8-13-23(24,21(28)31-22(2,3)4)20(27)17-9-6-5-7-10-17/h5-7,9-12,15,25H,8,13-14,24H2,1-4H3. The van der Waals surface area contributed by atoms with Crippen molar-refractivity contribution in [3.05, 3.63) is 69.8 Å². The minimum Gasteiger partial charge on any atom is -0.458 e. The Morgan fingerprint density at radius 2 is 1.77 bits per heavy atom. The first-order valence-corrected chi connectivity index (χ1v) is 10.0. The molecule has 0 aliphatic heterocycles. The molecule has 0 saturated heterocycles. The Morgan fingerprint density at radius 1 is 1.13 bits per heavy atom. The fourth-order valence-electron chi connectivity index (χ4n) is 3.07. The molecule has 1 unspecified atom stereocenters. The molecule has 0 heterocycles. The molecular weight excluding hydrogens is 398 g/mol. The van der Waals surface area contributed by atoms with Gasteiger partial charge >= 0.3 is 5.97 Å². The average molecular weight is 428 g/mol. The Labute approximate surface area is 181 Å². The summed E-state index contributed by atoms with van der Waals surface area (Å²) in [6.45, 7) is 7.24. The van der Waals surface area contributed by atoms with Gasteiger partial charge < -0.3 is 15.8 Å². The number of esters is 1. The van der Waals surface area contributed by atoms with E-state index in [1.807, 2.05) is 6.92 Å². The molecular formula is C23H29N3O5. The van der Waals surface area contributed by atoms with E-state index >= 15 is 0 Å². The number of anilines is 1. The summed E-state index contributed by atoms with van der Waals surface area (Å²) < 4.78 is 5.43. The van der Waals surface area contributed by atoms with E-state index < -0.39 is 27.8 Å². The highest BCUT2D eigenvalue weighted by Crippen LogP contribution is 2.26. The number of carbonyl (C=O) groups is 2. The Hall–Kier alpha value is -3.26. The molecule has 1 atom stereocenters. The Kier molecular flexibility index (Phi) is 7.51. The smallest absolute Gasteiger partial charge is 0.334 e. The van der Waals surface area contributed by atoms with Gasteiger partial charge in [-0.1, -0.05) is 36.4 Å². The molecule has 0 aliphatic rings. The molecule has 0 spiro atoms. The second-order valence-corrected chi connectivity index (χ2v) is 8.48. The van der Waals surface area contributed by atoms with Crippen molar-refractivity contribution in [2.45, 2.75) is 51.7 Å². The average Bonchev–Trinajstić information content (AvgIpc) is 2.69. The molecule has 2 aromatic carbocycles. The van der Waals surface area contributed by atoms with Crippen LogP contribution in [0.1, 0.15) is 49.5 Å². The Morgan fingerprint density at radius 3 is 2.35 bits per heavy atom. The van der Waals surface area contributed by atoms with Crippen molar-refractivity contribution in [3.8, 4) is 0 Å². The van der Waals surface area contributed by atoms with E-state index in [0.717, 1.165) is 5.56 Å². The van der Waals surface area contributed by atoms with Crippen molar-refractivity contribution < 1.29 is 19.2 Å². The van der Waals surface area contributed by atoms with Crippen LogP contribution in [0.15, 0.2) is 48.5 Å². The number of carbonyl (C=O) groups excluding carboxylic acids is 2. The number of hydrogen-bond donors (Lipinski definition) is 2. The lowest BCUT2D eigenvalue weighted by Gasteiger charge is -2.30. The monoisotopic (exact) mass is 427 g/mol. The summed E-state index contributed by atoms with van der Waals surface area (Å²) in [4.78, 5) is 36.7. The number of rotatable bonds is 9. The van der Waals surface area contributed by atoms with Crippen molar-refractivity contribution >= 4 is 23.1 Å². The number of nitro groups is 1. The zero-order chi connectivity index (χ0) is 23.2. The summed E-state index contributed by atoms with van der Waals surface area (Å²) in [5, 5.41) is 14.2. The lowest BCUT2D eigenvalue weighted by atomic mass is 9.85. The number of nitrogens with two attached hydrogens (primary N) is 1. The number of hydrogen-bond acceptors (Lipinski definition) is 7. The van der Waals surface area contributed by atoms with E-state index in [4.69, 9.17) is 10.5 Å². The molecule has 0 aliphatic carbocycles. The second kappa shape index (κ2) is 9.70. The lowest BCUT2D eigenvalue weighted by molar-refractivity contribution is -0.384. The maximum absolute atomic E-state index is 13.1. The third kappa shape index (κ3) is 6.36. The van der Waals surface area contributed by atoms with Gasteiger partial charge in [-0.05, 0) is 52.2 Å². The number of ketones is 1. The summed E-state index contributed by atoms with van der Waals surface area (Å²) >= 11 is 0. The SMILES string of the molecule is Cc1ccc([N+](=O)[O-])c(NCCCC(N)(C(=O)OC(C)(C)C)C(=O)c2ccccc2)c1. The molecule has 3 N–H and O–H groups in total. The van der Waals surface area contributed by atoms with Crippen molar-refractivity contribution in [1.29, 1.82) is 0 Å². The highest BCUT2D eigenvalue weighted by atomic mass is 16.6. The summed E-state index contributed by atoms with van der Waals surface area (Å²) in [5.41, 5.74) is 5.19.